The van der Waals surface area contributed by atoms with E-state index in [2.05, 4.69) is 4.99 Å². The number of hydrogen-bond acceptors (Lipinski definition) is 1. The first-order valence-corrected chi connectivity index (χ1v) is 5.39. The summed E-state index contributed by atoms with van der Waals surface area (Å²) in [5, 5.41) is 0.525. The van der Waals surface area contributed by atoms with Crippen LogP contribution in [0.25, 0.3) is 0 Å². The number of halogens is 4. The van der Waals surface area contributed by atoms with Gasteiger partial charge in [0.25, 0.3) is 0 Å². The Bertz CT molecular complexity index is 594. The summed E-state index contributed by atoms with van der Waals surface area (Å²) in [4.78, 5) is 3.85. The van der Waals surface area contributed by atoms with Gasteiger partial charge in [0.15, 0.2) is 11.6 Å². The van der Waals surface area contributed by atoms with Crippen LogP contribution >= 0.6 is 11.6 Å². The van der Waals surface area contributed by atoms with E-state index < -0.39 is 23.0 Å². The lowest BCUT2D eigenvalue weighted by Crippen LogP contribution is -1.97. The van der Waals surface area contributed by atoms with Crippen LogP contribution in [0.2, 0.25) is 5.02 Å². The summed E-state index contributed by atoms with van der Waals surface area (Å²) in [6.07, 6.45) is 0.941. The molecule has 0 aliphatic rings. The summed E-state index contributed by atoms with van der Waals surface area (Å²) in [5.41, 5.74) is -0.0487. The third kappa shape index (κ3) is 2.71. The first-order valence-electron chi connectivity index (χ1n) is 5.01. The quantitative estimate of drug-likeness (QED) is 0.562. The fourth-order valence-corrected chi connectivity index (χ4v) is 1.45. The maximum absolute atomic E-state index is 13.3. The maximum Gasteiger partial charge on any atom is 0.170 e. The van der Waals surface area contributed by atoms with E-state index >= 15 is 0 Å². The normalized spacial score (nSPS) is 11.1. The highest BCUT2D eigenvalue weighted by Gasteiger charge is 2.11. The summed E-state index contributed by atoms with van der Waals surface area (Å²) >= 11 is 5.68. The molecule has 0 aliphatic heterocycles. The van der Waals surface area contributed by atoms with Crippen LogP contribution in [-0.2, 0) is 0 Å². The molecule has 0 spiro atoms. The molecule has 0 N–H and O–H groups in total. The van der Waals surface area contributed by atoms with Gasteiger partial charge in [-0.3, -0.25) is 4.99 Å². The zero-order valence-electron chi connectivity index (χ0n) is 9.00. The third-order valence-electron chi connectivity index (χ3n) is 2.25. The fourth-order valence-electron chi connectivity index (χ4n) is 1.33. The lowest BCUT2D eigenvalue weighted by molar-refractivity contribution is 0.493. The lowest BCUT2D eigenvalue weighted by Gasteiger charge is -2.00. The highest BCUT2D eigenvalue weighted by Crippen LogP contribution is 2.18. The van der Waals surface area contributed by atoms with Crippen molar-refractivity contribution in [2.45, 2.75) is 0 Å². The molecule has 0 saturated carbocycles. The van der Waals surface area contributed by atoms with Crippen LogP contribution in [-0.4, -0.2) is 6.21 Å². The predicted molar refractivity (Wildman–Crippen MR) is 65.0 cm³/mol. The van der Waals surface area contributed by atoms with Gasteiger partial charge in [0.1, 0.15) is 5.82 Å². The van der Waals surface area contributed by atoms with Crippen molar-refractivity contribution in [1.82, 2.24) is 0 Å². The molecule has 0 radical (unpaired) electrons. The van der Waals surface area contributed by atoms with Crippen LogP contribution in [0.15, 0.2) is 41.4 Å². The van der Waals surface area contributed by atoms with Gasteiger partial charge in [-0.25, -0.2) is 13.2 Å². The van der Waals surface area contributed by atoms with Crippen LogP contribution < -0.4 is 0 Å². The first-order chi connectivity index (χ1) is 8.58. The van der Waals surface area contributed by atoms with Crippen molar-refractivity contribution in [3.05, 3.63) is 64.4 Å². The maximum atomic E-state index is 13.3. The predicted octanol–water partition coefficient (Wildman–Crippen LogP) is 4.51. The number of nitrogens with zero attached hydrogens (tertiary/aromatic N) is 1. The minimum Gasteiger partial charge on any atom is -0.256 e. The van der Waals surface area contributed by atoms with E-state index in [9.17, 15) is 13.2 Å². The molecule has 0 saturated heterocycles. The van der Waals surface area contributed by atoms with E-state index in [0.29, 0.717) is 10.7 Å². The minimum absolute atomic E-state index is 0.461. The molecule has 18 heavy (non-hydrogen) atoms. The Morgan fingerprint density at radius 1 is 0.889 bits per heavy atom. The van der Waals surface area contributed by atoms with Crippen LogP contribution in [0.5, 0.6) is 0 Å². The van der Waals surface area contributed by atoms with Gasteiger partial charge in [-0.1, -0.05) is 11.6 Å². The van der Waals surface area contributed by atoms with Gasteiger partial charge >= 0.3 is 0 Å². The van der Waals surface area contributed by atoms with E-state index in [0.717, 1.165) is 18.3 Å². The molecule has 0 heterocycles. The van der Waals surface area contributed by atoms with E-state index in [1.807, 2.05) is 0 Å². The van der Waals surface area contributed by atoms with Crippen LogP contribution in [0.3, 0.4) is 0 Å². The average Bonchev–Trinajstić information content (AvgIpc) is 2.36. The van der Waals surface area contributed by atoms with Crippen LogP contribution in [0, 0.1) is 17.5 Å². The standard InChI is InChI=1S/C13H7ClF3N/c14-8-1-3-9(4-2-8)18-7-10-11(15)5-6-12(16)13(10)17/h1-7H. The SMILES string of the molecule is Fc1ccc(F)c(C=Nc2ccc(Cl)cc2)c1F. The zero-order chi connectivity index (χ0) is 13.1. The van der Waals surface area contributed by atoms with Gasteiger partial charge in [0.05, 0.1) is 11.3 Å². The number of hydrogen-bond donors (Lipinski definition) is 0. The van der Waals surface area contributed by atoms with Crippen molar-refractivity contribution >= 4 is 23.5 Å². The number of aliphatic imine (C=N–C) groups is 1. The second-order valence-corrected chi connectivity index (χ2v) is 3.93. The van der Waals surface area contributed by atoms with Crippen molar-refractivity contribution in [3.63, 3.8) is 0 Å². The second-order valence-electron chi connectivity index (χ2n) is 3.49. The number of rotatable bonds is 2. The Kier molecular flexibility index (Phi) is 3.67. The van der Waals surface area contributed by atoms with Crippen molar-refractivity contribution in [3.8, 4) is 0 Å². The molecular weight excluding hydrogens is 263 g/mol. The van der Waals surface area contributed by atoms with Gasteiger partial charge in [0.2, 0.25) is 0 Å². The molecule has 0 bridgehead atoms. The van der Waals surface area contributed by atoms with Gasteiger partial charge in [-0.05, 0) is 36.4 Å². The van der Waals surface area contributed by atoms with Crippen LogP contribution in [0.4, 0.5) is 18.9 Å². The summed E-state index contributed by atoms with van der Waals surface area (Å²) < 4.78 is 39.5. The molecule has 2 aromatic rings. The molecular formula is C13H7ClF3N. The molecule has 0 unspecified atom stereocenters. The third-order valence-corrected chi connectivity index (χ3v) is 2.50. The molecule has 0 aliphatic carbocycles. The largest absolute Gasteiger partial charge is 0.256 e. The summed E-state index contributed by atoms with van der Waals surface area (Å²) in [5.74, 6) is -3.24. The molecule has 0 amide bonds. The minimum atomic E-state index is -1.26. The molecule has 0 aromatic heterocycles. The van der Waals surface area contributed by atoms with Gasteiger partial charge in [-0.15, -0.1) is 0 Å². The van der Waals surface area contributed by atoms with Gasteiger partial charge < -0.3 is 0 Å². The van der Waals surface area contributed by atoms with Crippen LogP contribution in [0.1, 0.15) is 5.56 Å². The molecule has 0 atom stereocenters. The Hall–Kier alpha value is -1.81. The summed E-state index contributed by atoms with van der Waals surface area (Å²) in [6, 6.07) is 7.91. The van der Waals surface area contributed by atoms with E-state index in [4.69, 9.17) is 11.6 Å². The van der Waals surface area contributed by atoms with Crippen molar-refractivity contribution in [2.24, 2.45) is 4.99 Å². The Balaban J connectivity index is 2.34. The smallest absolute Gasteiger partial charge is 0.170 e. The Morgan fingerprint density at radius 3 is 2.17 bits per heavy atom. The lowest BCUT2D eigenvalue weighted by atomic mass is 10.2. The Labute approximate surface area is 107 Å². The molecule has 5 heteroatoms. The molecule has 2 aromatic carbocycles. The molecule has 92 valence electrons. The average molecular weight is 270 g/mol. The number of benzene rings is 2. The fraction of sp³-hybridized carbons (Fsp3) is 0. The van der Waals surface area contributed by atoms with E-state index in [1.165, 1.54) is 0 Å². The zero-order valence-corrected chi connectivity index (χ0v) is 9.76. The van der Waals surface area contributed by atoms with E-state index in [1.54, 1.807) is 24.3 Å². The van der Waals surface area contributed by atoms with Crippen molar-refractivity contribution < 1.29 is 13.2 Å². The van der Waals surface area contributed by atoms with Crippen molar-refractivity contribution in [1.29, 1.82) is 0 Å². The second kappa shape index (κ2) is 5.23. The highest BCUT2D eigenvalue weighted by atomic mass is 35.5. The van der Waals surface area contributed by atoms with E-state index in [-0.39, 0.29) is 0 Å². The monoisotopic (exact) mass is 269 g/mol. The molecule has 0 fully saturated rings. The summed E-state index contributed by atoms with van der Waals surface area (Å²) in [6.45, 7) is 0. The van der Waals surface area contributed by atoms with Crippen molar-refractivity contribution in [2.75, 3.05) is 0 Å². The topological polar surface area (TPSA) is 12.4 Å². The van der Waals surface area contributed by atoms with Gasteiger partial charge in [-0.2, -0.15) is 0 Å². The molecule has 1 nitrogen and oxygen atoms in total. The first kappa shape index (κ1) is 12.6. The Morgan fingerprint density at radius 2 is 1.50 bits per heavy atom. The highest BCUT2D eigenvalue weighted by molar-refractivity contribution is 6.30. The molecule has 2 rings (SSSR count). The van der Waals surface area contributed by atoms with Gasteiger partial charge in [0, 0.05) is 11.2 Å². The summed E-state index contributed by atoms with van der Waals surface area (Å²) in [7, 11) is 0.